The molecular formula is C13H18N2O2S. The van der Waals surface area contributed by atoms with Crippen LogP contribution < -0.4 is 10.0 Å². The van der Waals surface area contributed by atoms with Crippen molar-refractivity contribution in [2.45, 2.75) is 30.7 Å². The smallest absolute Gasteiger partial charge is 0.242 e. The summed E-state index contributed by atoms with van der Waals surface area (Å²) in [5, 5.41) is 3.29. The second-order valence-corrected chi connectivity index (χ2v) is 6.02. The summed E-state index contributed by atoms with van der Waals surface area (Å²) < 4.78 is 26.6. The lowest BCUT2D eigenvalue weighted by Crippen LogP contribution is -2.25. The summed E-state index contributed by atoms with van der Waals surface area (Å²) in [5.74, 6) is 0. The second-order valence-electron chi connectivity index (χ2n) is 4.28. The van der Waals surface area contributed by atoms with Crippen molar-refractivity contribution < 1.29 is 8.42 Å². The molecule has 0 bridgehead atoms. The normalized spacial score (nSPS) is 16.1. The molecule has 98 valence electrons. The van der Waals surface area contributed by atoms with Gasteiger partial charge in [-0.25, -0.2) is 13.1 Å². The molecule has 5 heteroatoms. The summed E-state index contributed by atoms with van der Waals surface area (Å²) in [7, 11) is -3.42. The van der Waals surface area contributed by atoms with Crippen LogP contribution in [-0.4, -0.2) is 21.0 Å². The SMILES string of the molecule is CCNS(=O)(=O)c1ccccc1NC1CC=CC1. The van der Waals surface area contributed by atoms with E-state index in [9.17, 15) is 8.42 Å². The molecule has 0 aliphatic heterocycles. The van der Waals surface area contributed by atoms with Gasteiger partial charge >= 0.3 is 0 Å². The number of hydrogen-bond acceptors (Lipinski definition) is 3. The van der Waals surface area contributed by atoms with Crippen LogP contribution in [0.2, 0.25) is 0 Å². The van der Waals surface area contributed by atoms with E-state index in [1.165, 1.54) is 0 Å². The first-order valence-electron chi connectivity index (χ1n) is 6.13. The van der Waals surface area contributed by atoms with Gasteiger partial charge in [-0.3, -0.25) is 0 Å². The van der Waals surface area contributed by atoms with Crippen LogP contribution in [0.1, 0.15) is 19.8 Å². The van der Waals surface area contributed by atoms with Crippen LogP contribution in [0.25, 0.3) is 0 Å². The number of nitrogens with one attached hydrogen (secondary N) is 2. The Morgan fingerprint density at radius 3 is 2.56 bits per heavy atom. The van der Waals surface area contributed by atoms with Crippen LogP contribution in [0.15, 0.2) is 41.3 Å². The third-order valence-corrected chi connectivity index (χ3v) is 4.48. The van der Waals surface area contributed by atoms with Gasteiger partial charge in [0.1, 0.15) is 4.90 Å². The lowest BCUT2D eigenvalue weighted by atomic mass is 10.2. The summed E-state index contributed by atoms with van der Waals surface area (Å²) in [5.41, 5.74) is 0.673. The van der Waals surface area contributed by atoms with Gasteiger partial charge in [0.2, 0.25) is 10.0 Å². The first-order chi connectivity index (χ1) is 8.63. The van der Waals surface area contributed by atoms with Gasteiger partial charge in [-0.15, -0.1) is 0 Å². The maximum atomic E-state index is 12.1. The summed E-state index contributed by atoms with van der Waals surface area (Å²) in [6.45, 7) is 2.16. The second kappa shape index (κ2) is 5.54. The highest BCUT2D eigenvalue weighted by molar-refractivity contribution is 7.89. The van der Waals surface area contributed by atoms with Crippen molar-refractivity contribution in [1.82, 2.24) is 4.72 Å². The third-order valence-electron chi connectivity index (χ3n) is 2.88. The zero-order chi connectivity index (χ0) is 13.0. The molecule has 4 nitrogen and oxygen atoms in total. The maximum absolute atomic E-state index is 12.1. The molecule has 1 aliphatic rings. The largest absolute Gasteiger partial charge is 0.381 e. The zero-order valence-electron chi connectivity index (χ0n) is 10.4. The van der Waals surface area contributed by atoms with E-state index in [0.29, 0.717) is 23.2 Å². The van der Waals surface area contributed by atoms with E-state index in [0.717, 1.165) is 12.8 Å². The Morgan fingerprint density at radius 1 is 1.22 bits per heavy atom. The van der Waals surface area contributed by atoms with E-state index in [1.54, 1.807) is 19.1 Å². The molecule has 0 radical (unpaired) electrons. The maximum Gasteiger partial charge on any atom is 0.242 e. The van der Waals surface area contributed by atoms with Gasteiger partial charge in [-0.1, -0.05) is 31.2 Å². The van der Waals surface area contributed by atoms with E-state index < -0.39 is 10.0 Å². The molecule has 2 rings (SSSR count). The topological polar surface area (TPSA) is 58.2 Å². The minimum absolute atomic E-state index is 0.294. The summed E-state index contributed by atoms with van der Waals surface area (Å²) >= 11 is 0. The summed E-state index contributed by atoms with van der Waals surface area (Å²) in [6.07, 6.45) is 6.10. The molecule has 18 heavy (non-hydrogen) atoms. The standard InChI is InChI=1S/C13H18N2O2S/c1-2-14-18(16,17)13-10-6-5-9-12(13)15-11-7-3-4-8-11/h3-6,9-11,14-15H,2,7-8H2,1H3. The average molecular weight is 266 g/mol. The van der Waals surface area contributed by atoms with Gasteiger partial charge in [0, 0.05) is 12.6 Å². The van der Waals surface area contributed by atoms with Crippen LogP contribution in [0, 0.1) is 0 Å². The van der Waals surface area contributed by atoms with Gasteiger partial charge in [0.05, 0.1) is 5.69 Å². The molecule has 0 saturated carbocycles. The van der Waals surface area contributed by atoms with Crippen molar-refractivity contribution in [3.63, 3.8) is 0 Å². The van der Waals surface area contributed by atoms with Crippen LogP contribution in [0.3, 0.4) is 0 Å². The van der Waals surface area contributed by atoms with Crippen molar-refractivity contribution in [3.8, 4) is 0 Å². The Kier molecular flexibility index (Phi) is 4.04. The van der Waals surface area contributed by atoms with Gasteiger partial charge in [0.15, 0.2) is 0 Å². The van der Waals surface area contributed by atoms with Gasteiger partial charge < -0.3 is 5.32 Å². The minimum atomic E-state index is -3.42. The summed E-state index contributed by atoms with van der Waals surface area (Å²) in [4.78, 5) is 0.318. The number of anilines is 1. The Bertz CT molecular complexity index is 530. The lowest BCUT2D eigenvalue weighted by Gasteiger charge is -2.17. The number of rotatable bonds is 5. The molecule has 1 aromatic carbocycles. The molecular weight excluding hydrogens is 248 g/mol. The number of hydrogen-bond donors (Lipinski definition) is 2. The van der Waals surface area contributed by atoms with Crippen LogP contribution in [0.5, 0.6) is 0 Å². The van der Waals surface area contributed by atoms with Gasteiger partial charge in [0.25, 0.3) is 0 Å². The van der Waals surface area contributed by atoms with E-state index >= 15 is 0 Å². The molecule has 0 unspecified atom stereocenters. The molecule has 0 fully saturated rings. The van der Waals surface area contributed by atoms with E-state index in [1.807, 2.05) is 12.1 Å². The fourth-order valence-electron chi connectivity index (χ4n) is 2.04. The lowest BCUT2D eigenvalue weighted by molar-refractivity contribution is 0.584. The Hall–Kier alpha value is -1.33. The van der Waals surface area contributed by atoms with Crippen LogP contribution >= 0.6 is 0 Å². The van der Waals surface area contributed by atoms with Crippen molar-refractivity contribution in [2.75, 3.05) is 11.9 Å². The fourth-order valence-corrected chi connectivity index (χ4v) is 3.25. The predicted molar refractivity (Wildman–Crippen MR) is 73.1 cm³/mol. The van der Waals surface area contributed by atoms with Crippen molar-refractivity contribution >= 4 is 15.7 Å². The van der Waals surface area contributed by atoms with Gasteiger partial charge in [-0.2, -0.15) is 0 Å². The first kappa shape index (κ1) is 13.1. The Balaban J connectivity index is 2.25. The van der Waals surface area contributed by atoms with Gasteiger partial charge in [-0.05, 0) is 25.0 Å². The molecule has 2 N–H and O–H groups in total. The summed E-state index contributed by atoms with van der Waals surface area (Å²) in [6, 6.07) is 7.31. The quantitative estimate of drug-likeness (QED) is 0.803. The number of benzene rings is 1. The first-order valence-corrected chi connectivity index (χ1v) is 7.62. The molecule has 0 heterocycles. The van der Waals surface area contributed by atoms with Crippen molar-refractivity contribution in [2.24, 2.45) is 0 Å². The van der Waals surface area contributed by atoms with E-state index in [4.69, 9.17) is 0 Å². The molecule has 1 aliphatic carbocycles. The number of para-hydroxylation sites is 1. The van der Waals surface area contributed by atoms with E-state index in [-0.39, 0.29) is 0 Å². The van der Waals surface area contributed by atoms with E-state index in [2.05, 4.69) is 22.2 Å². The predicted octanol–water partition coefficient (Wildman–Crippen LogP) is 2.12. The van der Waals surface area contributed by atoms with Crippen molar-refractivity contribution in [1.29, 1.82) is 0 Å². The highest BCUT2D eigenvalue weighted by Gasteiger charge is 2.19. The molecule has 0 saturated heterocycles. The third kappa shape index (κ3) is 2.91. The monoisotopic (exact) mass is 266 g/mol. The minimum Gasteiger partial charge on any atom is -0.381 e. The zero-order valence-corrected chi connectivity index (χ0v) is 11.2. The molecule has 1 aromatic rings. The average Bonchev–Trinajstić information content (AvgIpc) is 2.82. The molecule has 0 amide bonds. The fraction of sp³-hybridized carbons (Fsp3) is 0.385. The molecule has 0 spiro atoms. The highest BCUT2D eigenvalue weighted by atomic mass is 32.2. The van der Waals surface area contributed by atoms with Crippen molar-refractivity contribution in [3.05, 3.63) is 36.4 Å². The number of sulfonamides is 1. The van der Waals surface area contributed by atoms with Crippen LogP contribution in [0.4, 0.5) is 5.69 Å². The Labute approximate surface area is 108 Å². The Morgan fingerprint density at radius 2 is 1.89 bits per heavy atom. The van der Waals surface area contributed by atoms with Crippen LogP contribution in [-0.2, 0) is 10.0 Å². The highest BCUT2D eigenvalue weighted by Crippen LogP contribution is 2.24. The molecule has 0 aromatic heterocycles. The molecule has 0 atom stereocenters.